The van der Waals surface area contributed by atoms with Crippen molar-refractivity contribution in [3.63, 3.8) is 0 Å². The third-order valence-electron chi connectivity index (χ3n) is 3.66. The van der Waals surface area contributed by atoms with Crippen LogP contribution >= 0.6 is 0 Å². The number of aromatic nitrogens is 2. The number of ether oxygens (including phenoxy) is 1. The molecule has 0 amide bonds. The highest BCUT2D eigenvalue weighted by molar-refractivity contribution is 7.89. The van der Waals surface area contributed by atoms with E-state index >= 15 is 0 Å². The Balaban J connectivity index is 2.10. The van der Waals surface area contributed by atoms with Gasteiger partial charge in [-0.15, -0.1) is 0 Å². The zero-order valence-electron chi connectivity index (χ0n) is 12.8. The van der Waals surface area contributed by atoms with E-state index < -0.39 is 10.0 Å². The minimum Gasteiger partial charge on any atom is -0.385 e. The molecule has 2 rings (SSSR count). The molecule has 0 radical (unpaired) electrons. The Bertz CT molecular complexity index is 566. The average molecular weight is 316 g/mol. The summed E-state index contributed by atoms with van der Waals surface area (Å²) in [5.41, 5.74) is 1.53. The van der Waals surface area contributed by atoms with Gasteiger partial charge in [-0.25, -0.2) is 8.42 Å². The van der Waals surface area contributed by atoms with Crippen molar-refractivity contribution in [1.29, 1.82) is 0 Å². The van der Waals surface area contributed by atoms with E-state index in [1.165, 1.54) is 4.31 Å². The Hall–Kier alpha value is -0.960. The fraction of sp³-hybridized carbons (Fsp3) is 0.769. The molecule has 120 valence electrons. The van der Waals surface area contributed by atoms with Crippen LogP contribution in [0.5, 0.6) is 0 Å². The number of nitrogens with one attached hydrogen (secondary N) is 2. The third-order valence-corrected chi connectivity index (χ3v) is 5.49. The van der Waals surface area contributed by atoms with Gasteiger partial charge in [-0.1, -0.05) is 0 Å². The summed E-state index contributed by atoms with van der Waals surface area (Å²) in [6.07, 6.45) is 2.98. The van der Waals surface area contributed by atoms with Crippen LogP contribution in [-0.2, 0) is 21.3 Å². The predicted octanol–water partition coefficient (Wildman–Crippen LogP) is 0.627. The van der Waals surface area contributed by atoms with Gasteiger partial charge in [0.25, 0.3) is 10.0 Å². The van der Waals surface area contributed by atoms with Crippen LogP contribution in [0.25, 0.3) is 0 Å². The third kappa shape index (κ3) is 4.03. The standard InChI is InChI=1S/C13H24N4O3S/c1-10-12(9-14-11-5-6-11)13(16-15-10)21(18,19)17(2)7-4-8-20-3/h11,14H,4-9H2,1-3H3,(H,15,16). The fourth-order valence-corrected chi connectivity index (χ4v) is 3.45. The SMILES string of the molecule is COCCCN(C)S(=O)(=O)c1n[nH]c(C)c1CNC1CC1. The van der Waals surface area contributed by atoms with Crippen LogP contribution in [0.15, 0.2) is 5.03 Å². The summed E-state index contributed by atoms with van der Waals surface area (Å²) in [5, 5.41) is 10.3. The largest absolute Gasteiger partial charge is 0.385 e. The highest BCUT2D eigenvalue weighted by Crippen LogP contribution is 2.23. The van der Waals surface area contributed by atoms with E-state index in [2.05, 4.69) is 15.5 Å². The van der Waals surface area contributed by atoms with Crippen LogP contribution in [0, 0.1) is 6.92 Å². The maximum absolute atomic E-state index is 12.6. The van der Waals surface area contributed by atoms with Crippen molar-refractivity contribution in [3.05, 3.63) is 11.3 Å². The van der Waals surface area contributed by atoms with Crippen LogP contribution in [0.3, 0.4) is 0 Å². The first-order chi connectivity index (χ1) is 9.96. The van der Waals surface area contributed by atoms with E-state index in [9.17, 15) is 8.42 Å². The summed E-state index contributed by atoms with van der Waals surface area (Å²) in [6, 6.07) is 0.522. The van der Waals surface area contributed by atoms with Crippen LogP contribution < -0.4 is 5.32 Å². The predicted molar refractivity (Wildman–Crippen MR) is 79.5 cm³/mol. The number of rotatable bonds is 9. The molecular weight excluding hydrogens is 292 g/mol. The lowest BCUT2D eigenvalue weighted by Gasteiger charge is -2.16. The number of nitrogens with zero attached hydrogens (tertiary/aromatic N) is 2. The lowest BCUT2D eigenvalue weighted by atomic mass is 10.2. The number of aryl methyl sites for hydroxylation is 1. The number of methoxy groups -OCH3 is 1. The summed E-state index contributed by atoms with van der Waals surface area (Å²) in [5.74, 6) is 0. The molecule has 1 aromatic heterocycles. The van der Waals surface area contributed by atoms with Gasteiger partial charge in [0.1, 0.15) is 0 Å². The van der Waals surface area contributed by atoms with Crippen molar-refractivity contribution in [2.75, 3.05) is 27.3 Å². The van der Waals surface area contributed by atoms with Gasteiger partial charge >= 0.3 is 0 Å². The zero-order valence-corrected chi connectivity index (χ0v) is 13.7. The maximum atomic E-state index is 12.6. The normalized spacial score (nSPS) is 15.8. The van der Waals surface area contributed by atoms with Crippen molar-refractivity contribution in [2.45, 2.75) is 43.8 Å². The quantitative estimate of drug-likeness (QED) is 0.652. The smallest absolute Gasteiger partial charge is 0.262 e. The summed E-state index contributed by atoms with van der Waals surface area (Å²) < 4.78 is 31.5. The maximum Gasteiger partial charge on any atom is 0.262 e. The molecular formula is C13H24N4O3S. The second kappa shape index (κ2) is 6.87. The molecule has 0 unspecified atom stereocenters. The first-order valence-electron chi connectivity index (χ1n) is 7.19. The Morgan fingerprint density at radius 1 is 1.48 bits per heavy atom. The topological polar surface area (TPSA) is 87.3 Å². The molecule has 0 aromatic carbocycles. The van der Waals surface area contributed by atoms with E-state index in [1.807, 2.05) is 6.92 Å². The number of aromatic amines is 1. The van der Waals surface area contributed by atoms with Crippen molar-refractivity contribution >= 4 is 10.0 Å². The Kier molecular flexibility index (Phi) is 5.37. The van der Waals surface area contributed by atoms with E-state index in [1.54, 1.807) is 14.2 Å². The molecule has 1 heterocycles. The van der Waals surface area contributed by atoms with E-state index in [0.717, 1.165) is 24.1 Å². The van der Waals surface area contributed by atoms with Gasteiger partial charge in [0.2, 0.25) is 0 Å². The van der Waals surface area contributed by atoms with Crippen LogP contribution in [-0.4, -0.2) is 56.3 Å². The van der Waals surface area contributed by atoms with Gasteiger partial charge in [-0.05, 0) is 26.2 Å². The second-order valence-electron chi connectivity index (χ2n) is 5.46. The molecule has 1 aromatic rings. The number of H-pyrrole nitrogens is 1. The average Bonchev–Trinajstić information content (AvgIpc) is 3.19. The summed E-state index contributed by atoms with van der Waals surface area (Å²) in [7, 11) is -0.380. The second-order valence-corrected chi connectivity index (χ2v) is 7.42. The monoisotopic (exact) mass is 316 g/mol. The van der Waals surface area contributed by atoms with Gasteiger partial charge < -0.3 is 10.1 Å². The van der Waals surface area contributed by atoms with E-state index in [4.69, 9.17) is 4.74 Å². The molecule has 0 saturated heterocycles. The van der Waals surface area contributed by atoms with Gasteiger partial charge in [0.05, 0.1) is 0 Å². The zero-order chi connectivity index (χ0) is 15.5. The minimum absolute atomic E-state index is 0.132. The van der Waals surface area contributed by atoms with Crippen molar-refractivity contribution in [1.82, 2.24) is 19.8 Å². The van der Waals surface area contributed by atoms with Gasteiger partial charge in [-0.2, -0.15) is 9.40 Å². The number of sulfonamides is 1. The molecule has 0 atom stereocenters. The lowest BCUT2D eigenvalue weighted by molar-refractivity contribution is 0.189. The van der Waals surface area contributed by atoms with Gasteiger partial charge in [0, 0.05) is 51.2 Å². The molecule has 8 heteroatoms. The van der Waals surface area contributed by atoms with Crippen molar-refractivity contribution < 1.29 is 13.2 Å². The molecule has 21 heavy (non-hydrogen) atoms. The number of hydrogen-bond acceptors (Lipinski definition) is 5. The summed E-state index contributed by atoms with van der Waals surface area (Å²) in [6.45, 7) is 3.33. The van der Waals surface area contributed by atoms with E-state index in [0.29, 0.717) is 32.2 Å². The summed E-state index contributed by atoms with van der Waals surface area (Å²) >= 11 is 0. The van der Waals surface area contributed by atoms with Gasteiger partial charge in [-0.3, -0.25) is 5.10 Å². The van der Waals surface area contributed by atoms with Crippen LogP contribution in [0.2, 0.25) is 0 Å². The molecule has 1 saturated carbocycles. The Morgan fingerprint density at radius 3 is 2.81 bits per heavy atom. The van der Waals surface area contributed by atoms with Crippen LogP contribution in [0.4, 0.5) is 0 Å². The molecule has 0 bridgehead atoms. The first kappa shape index (κ1) is 16.4. The lowest BCUT2D eigenvalue weighted by Crippen LogP contribution is -2.30. The Morgan fingerprint density at radius 2 is 2.19 bits per heavy atom. The van der Waals surface area contributed by atoms with Crippen LogP contribution in [0.1, 0.15) is 30.5 Å². The Labute approximate surface area is 126 Å². The molecule has 0 aliphatic heterocycles. The highest BCUT2D eigenvalue weighted by Gasteiger charge is 2.29. The molecule has 1 aliphatic carbocycles. The van der Waals surface area contributed by atoms with Crippen molar-refractivity contribution in [2.24, 2.45) is 0 Å². The minimum atomic E-state index is -3.56. The van der Waals surface area contributed by atoms with E-state index in [-0.39, 0.29) is 5.03 Å². The van der Waals surface area contributed by atoms with Gasteiger partial charge in [0.15, 0.2) is 5.03 Å². The molecule has 1 fully saturated rings. The molecule has 7 nitrogen and oxygen atoms in total. The van der Waals surface area contributed by atoms with Crippen molar-refractivity contribution in [3.8, 4) is 0 Å². The highest BCUT2D eigenvalue weighted by atomic mass is 32.2. The molecule has 1 aliphatic rings. The first-order valence-corrected chi connectivity index (χ1v) is 8.63. The number of hydrogen-bond donors (Lipinski definition) is 2. The fourth-order valence-electron chi connectivity index (χ4n) is 2.08. The summed E-state index contributed by atoms with van der Waals surface area (Å²) in [4.78, 5) is 0. The molecule has 0 spiro atoms. The molecule has 2 N–H and O–H groups in total.